The molecule has 1 saturated heterocycles. The predicted molar refractivity (Wildman–Crippen MR) is 81.7 cm³/mol. The number of amides is 1. The molecule has 120 valence electrons. The number of hydrogen-bond acceptors (Lipinski definition) is 3. The van der Waals surface area contributed by atoms with Crippen LogP contribution in [-0.2, 0) is 11.2 Å². The Morgan fingerprint density at radius 3 is 3.13 bits per heavy atom. The summed E-state index contributed by atoms with van der Waals surface area (Å²) in [7, 11) is 0. The van der Waals surface area contributed by atoms with Crippen LogP contribution in [0.3, 0.4) is 0 Å². The van der Waals surface area contributed by atoms with E-state index in [4.69, 9.17) is 4.74 Å². The number of ether oxygens (including phenoxy) is 1. The van der Waals surface area contributed by atoms with Crippen molar-refractivity contribution < 1.29 is 13.9 Å². The Balaban J connectivity index is 1.45. The highest BCUT2D eigenvalue weighted by Crippen LogP contribution is 2.32. The van der Waals surface area contributed by atoms with Crippen LogP contribution in [0.2, 0.25) is 0 Å². The van der Waals surface area contributed by atoms with Gasteiger partial charge in [0, 0.05) is 42.9 Å². The minimum atomic E-state index is -0.535. The van der Waals surface area contributed by atoms with Crippen molar-refractivity contribution in [3.05, 3.63) is 47.5 Å². The zero-order valence-electron chi connectivity index (χ0n) is 12.7. The average molecular weight is 315 g/mol. The molecule has 2 atom stereocenters. The quantitative estimate of drug-likeness (QED) is 0.925. The lowest BCUT2D eigenvalue weighted by molar-refractivity contribution is -0.139. The van der Waals surface area contributed by atoms with Gasteiger partial charge >= 0.3 is 0 Å². The number of nitrogens with zero attached hydrogens (tertiary/aromatic N) is 2. The van der Waals surface area contributed by atoms with Crippen LogP contribution in [0.4, 0.5) is 4.39 Å². The summed E-state index contributed by atoms with van der Waals surface area (Å²) in [4.78, 5) is 14.6. The van der Waals surface area contributed by atoms with Crippen LogP contribution < -0.4 is 4.74 Å². The van der Waals surface area contributed by atoms with Gasteiger partial charge in [0.05, 0.1) is 0 Å². The van der Waals surface area contributed by atoms with E-state index in [-0.39, 0.29) is 17.6 Å². The number of benzene rings is 1. The molecule has 2 aromatic rings. The van der Waals surface area contributed by atoms with Gasteiger partial charge in [-0.1, -0.05) is 0 Å². The van der Waals surface area contributed by atoms with Crippen molar-refractivity contribution in [2.75, 3.05) is 13.1 Å². The number of fused-ring (bicyclic) bond motifs is 1. The number of aromatic nitrogens is 2. The van der Waals surface area contributed by atoms with Gasteiger partial charge in [0.25, 0.3) is 5.91 Å². The van der Waals surface area contributed by atoms with Crippen LogP contribution in [0.1, 0.15) is 30.0 Å². The Bertz CT molecular complexity index is 717. The van der Waals surface area contributed by atoms with Gasteiger partial charge in [-0.2, -0.15) is 5.10 Å². The number of nitrogens with one attached hydrogen (secondary N) is 1. The Morgan fingerprint density at radius 1 is 1.39 bits per heavy atom. The fraction of sp³-hybridized carbons (Fsp3) is 0.412. The second-order valence-electron chi connectivity index (χ2n) is 6.20. The van der Waals surface area contributed by atoms with Gasteiger partial charge in [0.15, 0.2) is 6.10 Å². The third-order valence-corrected chi connectivity index (χ3v) is 4.67. The lowest BCUT2D eigenvalue weighted by Gasteiger charge is -2.33. The largest absolute Gasteiger partial charge is 0.480 e. The highest BCUT2D eigenvalue weighted by Gasteiger charge is 2.35. The van der Waals surface area contributed by atoms with Gasteiger partial charge < -0.3 is 9.64 Å². The highest BCUT2D eigenvalue weighted by atomic mass is 19.1. The Kier molecular flexibility index (Phi) is 3.52. The maximum absolute atomic E-state index is 13.3. The van der Waals surface area contributed by atoms with E-state index in [2.05, 4.69) is 10.2 Å². The molecular weight excluding hydrogens is 297 g/mol. The average Bonchev–Trinajstić information content (AvgIpc) is 3.23. The Hall–Kier alpha value is -2.37. The first-order valence-electron chi connectivity index (χ1n) is 7.94. The third-order valence-electron chi connectivity index (χ3n) is 4.67. The number of rotatable bonds is 2. The molecule has 4 rings (SSSR count). The molecule has 2 aliphatic heterocycles. The van der Waals surface area contributed by atoms with Gasteiger partial charge in [0.2, 0.25) is 0 Å². The van der Waals surface area contributed by atoms with E-state index >= 15 is 0 Å². The maximum Gasteiger partial charge on any atom is 0.264 e. The van der Waals surface area contributed by atoms with Crippen LogP contribution in [0, 0.1) is 5.82 Å². The number of halogens is 1. The summed E-state index contributed by atoms with van der Waals surface area (Å²) in [6.07, 6.45) is 3.65. The molecule has 1 aromatic heterocycles. The molecule has 1 N–H and O–H groups in total. The van der Waals surface area contributed by atoms with E-state index < -0.39 is 6.10 Å². The maximum atomic E-state index is 13.3. The number of H-pyrrole nitrogens is 1. The Morgan fingerprint density at radius 2 is 2.30 bits per heavy atom. The summed E-state index contributed by atoms with van der Waals surface area (Å²) in [6.45, 7) is 1.42. The molecule has 0 spiro atoms. The molecule has 3 heterocycles. The lowest BCUT2D eigenvalue weighted by Crippen LogP contribution is -2.46. The van der Waals surface area contributed by atoms with Crippen molar-refractivity contribution in [1.82, 2.24) is 15.1 Å². The molecule has 1 fully saturated rings. The summed E-state index contributed by atoms with van der Waals surface area (Å²) in [6, 6.07) is 6.37. The lowest BCUT2D eigenvalue weighted by atomic mass is 9.94. The molecule has 0 saturated carbocycles. The second kappa shape index (κ2) is 5.68. The van der Waals surface area contributed by atoms with E-state index in [1.54, 1.807) is 12.3 Å². The smallest absolute Gasteiger partial charge is 0.264 e. The molecule has 1 aromatic carbocycles. The normalized spacial score (nSPS) is 23.4. The van der Waals surface area contributed by atoms with Crippen LogP contribution in [-0.4, -0.2) is 40.2 Å². The monoisotopic (exact) mass is 315 g/mol. The standard InChI is InChI=1S/C17H18FN3O2/c18-13-3-4-15-12(8-13)9-16(23-15)17(22)21-7-1-2-11(10-21)14-5-6-19-20-14/h3-6,8,11,16H,1-2,7,9-10H2,(H,19,20)/t11-,16+/m1/s1. The van der Waals surface area contributed by atoms with Crippen molar-refractivity contribution >= 4 is 5.91 Å². The van der Waals surface area contributed by atoms with E-state index in [1.807, 2.05) is 11.0 Å². The topological polar surface area (TPSA) is 58.2 Å². The number of likely N-dealkylation sites (tertiary alicyclic amines) is 1. The fourth-order valence-corrected chi connectivity index (χ4v) is 3.48. The van der Waals surface area contributed by atoms with E-state index in [1.165, 1.54) is 12.1 Å². The summed E-state index contributed by atoms with van der Waals surface area (Å²) >= 11 is 0. The summed E-state index contributed by atoms with van der Waals surface area (Å²) < 4.78 is 19.0. The van der Waals surface area contributed by atoms with Crippen molar-refractivity contribution in [3.63, 3.8) is 0 Å². The molecule has 0 bridgehead atoms. The van der Waals surface area contributed by atoms with Crippen LogP contribution in [0.15, 0.2) is 30.5 Å². The van der Waals surface area contributed by atoms with Gasteiger partial charge in [-0.05, 0) is 37.1 Å². The summed E-state index contributed by atoms with van der Waals surface area (Å²) in [5.74, 6) is 0.604. The van der Waals surface area contributed by atoms with Crippen molar-refractivity contribution in [1.29, 1.82) is 0 Å². The fourth-order valence-electron chi connectivity index (χ4n) is 3.48. The number of piperidine rings is 1. The van der Waals surface area contributed by atoms with Crippen LogP contribution in [0.5, 0.6) is 5.75 Å². The minimum Gasteiger partial charge on any atom is -0.480 e. The Labute approximate surface area is 133 Å². The van der Waals surface area contributed by atoms with Crippen molar-refractivity contribution in [3.8, 4) is 5.75 Å². The van der Waals surface area contributed by atoms with Crippen molar-refractivity contribution in [2.24, 2.45) is 0 Å². The summed E-state index contributed by atoms with van der Waals surface area (Å²) in [5, 5.41) is 6.99. The third kappa shape index (κ3) is 2.69. The molecule has 23 heavy (non-hydrogen) atoms. The van der Waals surface area contributed by atoms with Gasteiger partial charge in [-0.3, -0.25) is 9.89 Å². The molecular formula is C17H18FN3O2. The van der Waals surface area contributed by atoms with E-state index in [0.717, 1.165) is 30.6 Å². The zero-order chi connectivity index (χ0) is 15.8. The number of carbonyl (C=O) groups is 1. The predicted octanol–water partition coefficient (Wildman–Crippen LogP) is 2.26. The molecule has 0 aliphatic carbocycles. The minimum absolute atomic E-state index is 0.00850. The number of hydrogen-bond donors (Lipinski definition) is 1. The molecule has 5 nitrogen and oxygen atoms in total. The van der Waals surface area contributed by atoms with Gasteiger partial charge in [0.1, 0.15) is 11.6 Å². The SMILES string of the molecule is O=C([C@@H]1Cc2cc(F)ccc2O1)N1CCC[C@@H](c2ccn[nH]2)C1. The molecule has 0 unspecified atom stereocenters. The van der Waals surface area contributed by atoms with Gasteiger partial charge in [-0.15, -0.1) is 0 Å². The first-order valence-corrected chi connectivity index (χ1v) is 7.94. The summed E-state index contributed by atoms with van der Waals surface area (Å²) in [5.41, 5.74) is 1.84. The molecule has 0 radical (unpaired) electrons. The molecule has 2 aliphatic rings. The first-order chi connectivity index (χ1) is 11.2. The number of carbonyl (C=O) groups excluding carboxylic acids is 1. The molecule has 1 amide bonds. The van der Waals surface area contributed by atoms with Crippen LogP contribution in [0.25, 0.3) is 0 Å². The van der Waals surface area contributed by atoms with E-state index in [9.17, 15) is 9.18 Å². The zero-order valence-corrected chi connectivity index (χ0v) is 12.7. The number of aromatic amines is 1. The highest BCUT2D eigenvalue weighted by molar-refractivity contribution is 5.82. The van der Waals surface area contributed by atoms with E-state index in [0.29, 0.717) is 18.7 Å². The van der Waals surface area contributed by atoms with Crippen molar-refractivity contribution in [2.45, 2.75) is 31.3 Å². The first kappa shape index (κ1) is 14.2. The second-order valence-corrected chi connectivity index (χ2v) is 6.20. The molecule has 6 heteroatoms. The van der Waals surface area contributed by atoms with Gasteiger partial charge in [-0.25, -0.2) is 4.39 Å². The van der Waals surface area contributed by atoms with Crippen LogP contribution >= 0.6 is 0 Å².